The largest absolute Gasteiger partial charge is 0.375 e. The lowest BCUT2D eigenvalue weighted by Gasteiger charge is -2.20. The third-order valence-corrected chi connectivity index (χ3v) is 4.97. The Morgan fingerprint density at radius 3 is 2.50 bits per heavy atom. The number of aryl methyl sites for hydroxylation is 1. The van der Waals surface area contributed by atoms with E-state index in [0.717, 1.165) is 16.8 Å². The van der Waals surface area contributed by atoms with E-state index in [2.05, 4.69) is 16.9 Å². The van der Waals surface area contributed by atoms with E-state index in [1.807, 2.05) is 49.5 Å². The molecule has 0 saturated carbocycles. The number of hydrogen-bond acceptors (Lipinski definition) is 4. The van der Waals surface area contributed by atoms with Gasteiger partial charge < -0.3 is 9.64 Å². The number of carbonyl (C=O) groups excluding carboxylic acids is 2. The Hall–Kier alpha value is -3.42. The first-order chi connectivity index (χ1) is 15.4. The molecule has 0 saturated heterocycles. The van der Waals surface area contributed by atoms with Crippen molar-refractivity contribution in [1.29, 1.82) is 0 Å². The molecule has 3 aromatic rings. The minimum Gasteiger partial charge on any atom is -0.375 e. The monoisotopic (exact) mass is 452 g/mol. The summed E-state index contributed by atoms with van der Waals surface area (Å²) in [6, 6.07) is 15.2. The van der Waals surface area contributed by atoms with Gasteiger partial charge in [0.05, 0.1) is 5.69 Å². The molecule has 1 N–H and O–H groups in total. The molecule has 0 fully saturated rings. The normalized spacial score (nSPS) is 10.6. The zero-order chi connectivity index (χ0) is 23.1. The summed E-state index contributed by atoms with van der Waals surface area (Å²) in [5.74, 6) is -0.328. The van der Waals surface area contributed by atoms with E-state index in [1.54, 1.807) is 22.8 Å². The van der Waals surface area contributed by atoms with E-state index in [-0.39, 0.29) is 31.5 Å². The molecule has 0 spiro atoms. The molecular weight excluding hydrogens is 428 g/mol. The third kappa shape index (κ3) is 5.84. The number of hydrogen-bond donors (Lipinski definition) is 1. The highest BCUT2D eigenvalue weighted by Crippen LogP contribution is 2.25. The summed E-state index contributed by atoms with van der Waals surface area (Å²) >= 11 is 6.01. The van der Waals surface area contributed by atoms with E-state index >= 15 is 0 Å². The standard InChI is InChI=1S/C24H25ClN4O3/c1-4-13-28(23(31)16-32-3)15-22(30)27-24-26-21(18-7-9-19(25)10-8-18)14-29(24)20-11-5-17(2)6-12-20/h4-12,14H,1,13,15-16H2,2-3H3,(H,26,27,30). The zero-order valence-corrected chi connectivity index (χ0v) is 18.8. The zero-order valence-electron chi connectivity index (χ0n) is 18.0. The van der Waals surface area contributed by atoms with Gasteiger partial charge in [-0.2, -0.15) is 0 Å². The number of nitrogens with one attached hydrogen (secondary N) is 1. The summed E-state index contributed by atoms with van der Waals surface area (Å²) in [4.78, 5) is 31.0. The Morgan fingerprint density at radius 1 is 1.19 bits per heavy atom. The predicted octanol–water partition coefficient (Wildman–Crippen LogP) is 4.10. The number of halogens is 1. The van der Waals surface area contributed by atoms with Crippen LogP contribution in [0.2, 0.25) is 5.02 Å². The lowest BCUT2D eigenvalue weighted by atomic mass is 10.2. The third-order valence-electron chi connectivity index (χ3n) is 4.71. The molecule has 0 aliphatic carbocycles. The molecule has 166 valence electrons. The van der Waals surface area contributed by atoms with Crippen molar-refractivity contribution in [3.05, 3.63) is 78.0 Å². The molecule has 1 aromatic heterocycles. The van der Waals surface area contributed by atoms with Crippen molar-refractivity contribution in [2.24, 2.45) is 0 Å². The molecule has 3 rings (SSSR count). The van der Waals surface area contributed by atoms with Gasteiger partial charge in [-0.25, -0.2) is 4.98 Å². The van der Waals surface area contributed by atoms with Gasteiger partial charge in [0, 0.05) is 36.1 Å². The molecule has 0 bridgehead atoms. The molecule has 2 aromatic carbocycles. The number of imidazole rings is 1. The van der Waals surface area contributed by atoms with Crippen LogP contribution in [-0.2, 0) is 14.3 Å². The number of amides is 2. The molecule has 0 aliphatic heterocycles. The number of methoxy groups -OCH3 is 1. The Balaban J connectivity index is 1.90. The topological polar surface area (TPSA) is 76.5 Å². The van der Waals surface area contributed by atoms with Crippen LogP contribution in [-0.4, -0.2) is 53.1 Å². The maximum absolute atomic E-state index is 12.8. The SMILES string of the molecule is C=CCN(CC(=O)Nc1nc(-c2ccc(Cl)cc2)cn1-c1ccc(C)cc1)C(=O)COC. The quantitative estimate of drug-likeness (QED) is 0.496. The van der Waals surface area contributed by atoms with Gasteiger partial charge in [-0.1, -0.05) is 47.5 Å². The van der Waals surface area contributed by atoms with E-state index in [4.69, 9.17) is 16.3 Å². The Labute approximate surface area is 192 Å². The van der Waals surface area contributed by atoms with Crippen molar-refractivity contribution in [2.75, 3.05) is 32.1 Å². The molecule has 7 nitrogen and oxygen atoms in total. The van der Waals surface area contributed by atoms with Crippen molar-refractivity contribution in [3.63, 3.8) is 0 Å². The van der Waals surface area contributed by atoms with Gasteiger partial charge in [-0.15, -0.1) is 6.58 Å². The lowest BCUT2D eigenvalue weighted by Crippen LogP contribution is -2.40. The number of carbonyl (C=O) groups is 2. The highest BCUT2D eigenvalue weighted by molar-refractivity contribution is 6.30. The molecule has 0 radical (unpaired) electrons. The number of nitrogens with zero attached hydrogens (tertiary/aromatic N) is 3. The van der Waals surface area contributed by atoms with Gasteiger partial charge in [-0.05, 0) is 31.2 Å². The molecule has 8 heteroatoms. The van der Waals surface area contributed by atoms with Gasteiger partial charge in [0.15, 0.2) is 0 Å². The van der Waals surface area contributed by atoms with Gasteiger partial charge in [0.25, 0.3) is 0 Å². The highest BCUT2D eigenvalue weighted by atomic mass is 35.5. The fraction of sp³-hybridized carbons (Fsp3) is 0.208. The van der Waals surface area contributed by atoms with Gasteiger partial charge >= 0.3 is 0 Å². The summed E-state index contributed by atoms with van der Waals surface area (Å²) in [5.41, 5.74) is 3.50. The van der Waals surface area contributed by atoms with E-state index in [0.29, 0.717) is 16.7 Å². The maximum atomic E-state index is 12.8. The minimum atomic E-state index is -0.377. The van der Waals surface area contributed by atoms with Crippen LogP contribution < -0.4 is 5.32 Å². The fourth-order valence-corrected chi connectivity index (χ4v) is 3.22. The van der Waals surface area contributed by atoms with E-state index in [1.165, 1.54) is 12.0 Å². The Kier molecular flexibility index (Phi) is 7.81. The Morgan fingerprint density at radius 2 is 1.88 bits per heavy atom. The van der Waals surface area contributed by atoms with Crippen LogP contribution in [0.5, 0.6) is 0 Å². The van der Waals surface area contributed by atoms with Crippen LogP contribution in [0.3, 0.4) is 0 Å². The van der Waals surface area contributed by atoms with Gasteiger partial charge in [-0.3, -0.25) is 19.5 Å². The average Bonchev–Trinajstić information content (AvgIpc) is 3.18. The fourth-order valence-electron chi connectivity index (χ4n) is 3.09. The number of ether oxygens (including phenoxy) is 1. The number of rotatable bonds is 9. The maximum Gasteiger partial charge on any atom is 0.249 e. The van der Waals surface area contributed by atoms with Crippen LogP contribution >= 0.6 is 11.6 Å². The lowest BCUT2D eigenvalue weighted by molar-refractivity contribution is -0.137. The number of anilines is 1. The van der Waals surface area contributed by atoms with Crippen LogP contribution in [0.1, 0.15) is 5.56 Å². The smallest absolute Gasteiger partial charge is 0.249 e. The second-order valence-electron chi connectivity index (χ2n) is 7.21. The molecule has 32 heavy (non-hydrogen) atoms. The molecular formula is C24H25ClN4O3. The molecule has 0 aliphatic rings. The van der Waals surface area contributed by atoms with Crippen molar-refractivity contribution < 1.29 is 14.3 Å². The van der Waals surface area contributed by atoms with Gasteiger partial charge in [0.1, 0.15) is 13.2 Å². The molecule has 1 heterocycles. The summed E-state index contributed by atoms with van der Waals surface area (Å²) in [7, 11) is 1.43. The van der Waals surface area contributed by atoms with Crippen LogP contribution in [0.15, 0.2) is 67.4 Å². The first-order valence-corrected chi connectivity index (χ1v) is 10.4. The van der Waals surface area contributed by atoms with Crippen molar-refractivity contribution in [3.8, 4) is 16.9 Å². The summed E-state index contributed by atoms with van der Waals surface area (Å²) < 4.78 is 6.70. The minimum absolute atomic E-state index is 0.111. The highest BCUT2D eigenvalue weighted by Gasteiger charge is 2.19. The van der Waals surface area contributed by atoms with E-state index in [9.17, 15) is 9.59 Å². The first-order valence-electron chi connectivity index (χ1n) is 10.0. The van der Waals surface area contributed by atoms with Crippen molar-refractivity contribution in [1.82, 2.24) is 14.5 Å². The average molecular weight is 453 g/mol. The first kappa shape index (κ1) is 23.2. The van der Waals surface area contributed by atoms with Gasteiger partial charge in [0.2, 0.25) is 17.8 Å². The number of benzene rings is 2. The second-order valence-corrected chi connectivity index (χ2v) is 7.64. The summed E-state index contributed by atoms with van der Waals surface area (Å²) in [6.07, 6.45) is 3.41. The predicted molar refractivity (Wildman–Crippen MR) is 126 cm³/mol. The Bertz CT molecular complexity index is 1090. The van der Waals surface area contributed by atoms with Crippen molar-refractivity contribution in [2.45, 2.75) is 6.92 Å². The van der Waals surface area contributed by atoms with E-state index < -0.39 is 0 Å². The summed E-state index contributed by atoms with van der Waals surface area (Å²) in [5, 5.41) is 3.46. The number of aromatic nitrogens is 2. The van der Waals surface area contributed by atoms with Crippen LogP contribution in [0.4, 0.5) is 5.95 Å². The van der Waals surface area contributed by atoms with Crippen LogP contribution in [0.25, 0.3) is 16.9 Å². The summed E-state index contributed by atoms with van der Waals surface area (Å²) in [6.45, 7) is 5.63. The van der Waals surface area contributed by atoms with Crippen LogP contribution in [0, 0.1) is 6.92 Å². The van der Waals surface area contributed by atoms with Crippen molar-refractivity contribution >= 4 is 29.4 Å². The molecule has 0 atom stereocenters. The molecule has 2 amide bonds. The molecule has 0 unspecified atom stereocenters. The second kappa shape index (κ2) is 10.7.